The summed E-state index contributed by atoms with van der Waals surface area (Å²) >= 11 is 0. The van der Waals surface area contributed by atoms with E-state index in [1.54, 1.807) is 23.9 Å². The van der Waals surface area contributed by atoms with Gasteiger partial charge >= 0.3 is 0 Å². The largest absolute Gasteiger partial charge is 0.320 e. The molecular weight excluding hydrogens is 265 g/mol. The first-order valence-electron chi connectivity index (χ1n) is 6.77. The summed E-state index contributed by atoms with van der Waals surface area (Å²) in [6, 6.07) is 14.5. The van der Waals surface area contributed by atoms with Crippen LogP contribution in [0.5, 0.6) is 0 Å². The fourth-order valence-electron chi connectivity index (χ4n) is 2.21. The van der Waals surface area contributed by atoms with Crippen molar-refractivity contribution in [2.75, 3.05) is 0 Å². The van der Waals surface area contributed by atoms with Gasteiger partial charge in [0, 0.05) is 11.8 Å². The monoisotopic (exact) mass is 281 g/mol. The first-order chi connectivity index (χ1) is 10.1. The Morgan fingerprint density at radius 1 is 1.10 bits per heavy atom. The summed E-state index contributed by atoms with van der Waals surface area (Å²) in [6.07, 6.45) is 3.59. The van der Waals surface area contributed by atoms with Gasteiger partial charge in [-0.15, -0.1) is 0 Å². The van der Waals surface area contributed by atoms with E-state index in [0.29, 0.717) is 5.56 Å². The molecule has 0 aliphatic carbocycles. The zero-order valence-corrected chi connectivity index (χ0v) is 11.7. The number of halogens is 1. The highest BCUT2D eigenvalue weighted by Crippen LogP contribution is 2.22. The van der Waals surface area contributed by atoms with Crippen molar-refractivity contribution in [1.82, 2.24) is 9.78 Å². The van der Waals surface area contributed by atoms with Crippen molar-refractivity contribution >= 4 is 0 Å². The van der Waals surface area contributed by atoms with Gasteiger partial charge in [0.05, 0.1) is 17.9 Å². The molecule has 2 aromatic carbocycles. The van der Waals surface area contributed by atoms with Gasteiger partial charge in [0.1, 0.15) is 5.82 Å². The van der Waals surface area contributed by atoms with Crippen LogP contribution in [0.15, 0.2) is 60.9 Å². The maximum absolute atomic E-state index is 13.6. The molecule has 1 aromatic heterocycles. The molecule has 0 saturated carbocycles. The number of rotatable bonds is 3. The van der Waals surface area contributed by atoms with Crippen LogP contribution in [0.25, 0.3) is 5.69 Å². The highest BCUT2D eigenvalue weighted by Gasteiger charge is 2.13. The summed E-state index contributed by atoms with van der Waals surface area (Å²) in [5.41, 5.74) is 9.38. The molecule has 2 N–H and O–H groups in total. The summed E-state index contributed by atoms with van der Waals surface area (Å²) in [4.78, 5) is 0. The van der Waals surface area contributed by atoms with E-state index in [2.05, 4.69) is 5.10 Å². The lowest BCUT2D eigenvalue weighted by molar-refractivity contribution is 0.614. The SMILES string of the molecule is Cc1ccc(C(N)c2cnn(-c3ccccc3)c2)cc1F. The first kappa shape index (κ1) is 13.5. The van der Waals surface area contributed by atoms with E-state index in [9.17, 15) is 4.39 Å². The van der Waals surface area contributed by atoms with Gasteiger partial charge in [-0.25, -0.2) is 9.07 Å². The van der Waals surface area contributed by atoms with Gasteiger partial charge in [-0.3, -0.25) is 0 Å². The number of aryl methyl sites for hydroxylation is 1. The Morgan fingerprint density at radius 2 is 1.86 bits per heavy atom. The van der Waals surface area contributed by atoms with Crippen LogP contribution in [0.1, 0.15) is 22.7 Å². The molecule has 0 spiro atoms. The molecule has 0 amide bonds. The minimum absolute atomic E-state index is 0.238. The number of aromatic nitrogens is 2. The van der Waals surface area contributed by atoms with Gasteiger partial charge in [0.25, 0.3) is 0 Å². The maximum Gasteiger partial charge on any atom is 0.126 e. The molecule has 1 unspecified atom stereocenters. The Hall–Kier alpha value is -2.46. The quantitative estimate of drug-likeness (QED) is 0.800. The minimum atomic E-state index is -0.391. The Morgan fingerprint density at radius 3 is 2.57 bits per heavy atom. The lowest BCUT2D eigenvalue weighted by atomic mass is 10.0. The number of para-hydroxylation sites is 1. The fraction of sp³-hybridized carbons (Fsp3) is 0.118. The lowest BCUT2D eigenvalue weighted by Crippen LogP contribution is -2.11. The van der Waals surface area contributed by atoms with Crippen molar-refractivity contribution in [2.45, 2.75) is 13.0 Å². The van der Waals surface area contributed by atoms with Crippen molar-refractivity contribution in [3.63, 3.8) is 0 Å². The second-order valence-electron chi connectivity index (χ2n) is 5.04. The molecule has 3 aromatic rings. The summed E-state index contributed by atoms with van der Waals surface area (Å²) < 4.78 is 15.4. The van der Waals surface area contributed by atoms with Gasteiger partial charge in [0.2, 0.25) is 0 Å². The second kappa shape index (κ2) is 5.50. The Balaban J connectivity index is 1.90. The molecule has 4 heteroatoms. The molecule has 0 aliphatic heterocycles. The van der Waals surface area contributed by atoms with Gasteiger partial charge in [-0.05, 0) is 36.2 Å². The van der Waals surface area contributed by atoms with Crippen LogP contribution < -0.4 is 5.73 Å². The van der Waals surface area contributed by atoms with Crippen LogP contribution in [0.4, 0.5) is 4.39 Å². The molecule has 0 saturated heterocycles. The molecule has 106 valence electrons. The Kier molecular flexibility index (Phi) is 3.54. The predicted molar refractivity (Wildman–Crippen MR) is 80.7 cm³/mol. The van der Waals surface area contributed by atoms with Crippen molar-refractivity contribution in [3.8, 4) is 5.69 Å². The smallest absolute Gasteiger partial charge is 0.126 e. The summed E-state index contributed by atoms with van der Waals surface area (Å²) in [6.45, 7) is 1.73. The van der Waals surface area contributed by atoms with Crippen LogP contribution in [0.2, 0.25) is 0 Å². The van der Waals surface area contributed by atoms with E-state index in [4.69, 9.17) is 5.73 Å². The lowest BCUT2D eigenvalue weighted by Gasteiger charge is -2.10. The highest BCUT2D eigenvalue weighted by atomic mass is 19.1. The molecule has 0 radical (unpaired) electrons. The van der Waals surface area contributed by atoms with E-state index in [0.717, 1.165) is 16.8 Å². The summed E-state index contributed by atoms with van der Waals surface area (Å²) in [5.74, 6) is -0.238. The summed E-state index contributed by atoms with van der Waals surface area (Å²) in [5, 5.41) is 4.32. The number of nitrogens with two attached hydrogens (primary N) is 1. The fourth-order valence-corrected chi connectivity index (χ4v) is 2.21. The number of hydrogen-bond acceptors (Lipinski definition) is 2. The van der Waals surface area contributed by atoms with Crippen LogP contribution in [0.3, 0.4) is 0 Å². The molecule has 0 aliphatic rings. The molecule has 21 heavy (non-hydrogen) atoms. The average molecular weight is 281 g/mol. The molecule has 1 atom stereocenters. The molecule has 3 rings (SSSR count). The van der Waals surface area contributed by atoms with E-state index in [1.165, 1.54) is 6.07 Å². The minimum Gasteiger partial charge on any atom is -0.320 e. The first-order valence-corrected chi connectivity index (χ1v) is 6.77. The van der Waals surface area contributed by atoms with Gasteiger partial charge in [-0.2, -0.15) is 5.10 Å². The van der Waals surface area contributed by atoms with Crippen molar-refractivity contribution in [2.24, 2.45) is 5.73 Å². The van der Waals surface area contributed by atoms with Crippen molar-refractivity contribution in [1.29, 1.82) is 0 Å². The molecular formula is C17H16FN3. The molecule has 1 heterocycles. The molecule has 0 fully saturated rings. The normalized spacial score (nSPS) is 12.3. The Labute approximate surface area is 122 Å². The zero-order chi connectivity index (χ0) is 14.8. The topological polar surface area (TPSA) is 43.8 Å². The van der Waals surface area contributed by atoms with Crippen LogP contribution in [0, 0.1) is 12.7 Å². The van der Waals surface area contributed by atoms with E-state index in [1.807, 2.05) is 42.6 Å². The average Bonchev–Trinajstić information content (AvgIpc) is 3.00. The Bertz CT molecular complexity index is 750. The summed E-state index contributed by atoms with van der Waals surface area (Å²) in [7, 11) is 0. The second-order valence-corrected chi connectivity index (χ2v) is 5.04. The molecule has 3 nitrogen and oxygen atoms in total. The zero-order valence-electron chi connectivity index (χ0n) is 11.7. The third kappa shape index (κ3) is 2.71. The van der Waals surface area contributed by atoms with Crippen LogP contribution >= 0.6 is 0 Å². The molecule has 0 bridgehead atoms. The number of hydrogen-bond donors (Lipinski definition) is 1. The third-order valence-electron chi connectivity index (χ3n) is 3.54. The van der Waals surface area contributed by atoms with E-state index < -0.39 is 6.04 Å². The van der Waals surface area contributed by atoms with Crippen LogP contribution in [-0.4, -0.2) is 9.78 Å². The van der Waals surface area contributed by atoms with Gasteiger partial charge in [-0.1, -0.05) is 30.3 Å². The maximum atomic E-state index is 13.6. The number of nitrogens with zero attached hydrogens (tertiary/aromatic N) is 2. The number of benzene rings is 2. The van der Waals surface area contributed by atoms with Gasteiger partial charge < -0.3 is 5.73 Å². The predicted octanol–water partition coefficient (Wildman–Crippen LogP) is 3.37. The van der Waals surface area contributed by atoms with Crippen LogP contribution in [-0.2, 0) is 0 Å². The van der Waals surface area contributed by atoms with E-state index in [-0.39, 0.29) is 5.82 Å². The van der Waals surface area contributed by atoms with Crippen molar-refractivity contribution in [3.05, 3.63) is 83.4 Å². The highest BCUT2D eigenvalue weighted by molar-refractivity contribution is 5.35. The van der Waals surface area contributed by atoms with Crippen molar-refractivity contribution < 1.29 is 4.39 Å². The van der Waals surface area contributed by atoms with Gasteiger partial charge in [0.15, 0.2) is 0 Å². The van der Waals surface area contributed by atoms with E-state index >= 15 is 0 Å². The third-order valence-corrected chi connectivity index (χ3v) is 3.54. The standard InChI is InChI=1S/C17H16FN3/c1-12-7-8-13(9-16(12)18)17(19)14-10-20-21(11-14)15-5-3-2-4-6-15/h2-11,17H,19H2,1H3.